The van der Waals surface area contributed by atoms with Crippen molar-refractivity contribution in [1.82, 2.24) is 14.9 Å². The predicted octanol–water partition coefficient (Wildman–Crippen LogP) is 5.33. The molecule has 2 aromatic heterocycles. The first-order chi connectivity index (χ1) is 16.4. The Hall–Kier alpha value is -3.42. The topological polar surface area (TPSA) is 94.8 Å². The van der Waals surface area contributed by atoms with Gasteiger partial charge < -0.3 is 18.8 Å². The summed E-state index contributed by atoms with van der Waals surface area (Å²) < 4.78 is 17.5. The molecule has 8 nitrogen and oxygen atoms in total. The van der Waals surface area contributed by atoms with Crippen molar-refractivity contribution >= 4 is 17.0 Å². The van der Waals surface area contributed by atoms with Gasteiger partial charge in [0.1, 0.15) is 17.5 Å². The van der Waals surface area contributed by atoms with Gasteiger partial charge in [-0.1, -0.05) is 26.8 Å². The number of aromatic nitrogens is 2. The van der Waals surface area contributed by atoms with Crippen molar-refractivity contribution in [2.24, 2.45) is 0 Å². The number of benzene rings is 1. The molecule has 8 heteroatoms. The molecule has 35 heavy (non-hydrogen) atoms. The Morgan fingerprint density at radius 2 is 1.80 bits per heavy atom. The van der Waals surface area contributed by atoms with Crippen molar-refractivity contribution in [1.29, 1.82) is 0 Å². The van der Waals surface area contributed by atoms with Crippen LogP contribution in [0.15, 0.2) is 45.9 Å². The van der Waals surface area contributed by atoms with E-state index in [4.69, 9.17) is 13.9 Å². The third-order valence-electron chi connectivity index (χ3n) is 5.90. The van der Waals surface area contributed by atoms with Crippen molar-refractivity contribution in [2.75, 3.05) is 13.1 Å². The van der Waals surface area contributed by atoms with E-state index in [1.807, 2.05) is 39.0 Å². The molecule has 1 aromatic carbocycles. The smallest absolute Gasteiger partial charge is 0.410 e. The minimum Gasteiger partial charge on any atom is -0.489 e. The number of nitrogens with zero attached hydrogens (tertiary/aromatic N) is 3. The molecule has 0 spiro atoms. The fraction of sp³-hybridized carbons (Fsp3) is 0.481. The molecule has 1 aliphatic rings. The first kappa shape index (κ1) is 24.7. The second-order valence-electron chi connectivity index (χ2n) is 10.9. The summed E-state index contributed by atoms with van der Waals surface area (Å²) in [6.45, 7) is 13.1. The Morgan fingerprint density at radius 1 is 1.09 bits per heavy atom. The maximum absolute atomic E-state index is 12.6. The number of hydrogen-bond acceptors (Lipinski definition) is 7. The minimum atomic E-state index is -0.529. The fourth-order valence-electron chi connectivity index (χ4n) is 3.96. The monoisotopic (exact) mass is 479 g/mol. The normalized spacial score (nSPS) is 15.3. The van der Waals surface area contributed by atoms with Crippen LogP contribution in [0.2, 0.25) is 0 Å². The van der Waals surface area contributed by atoms with E-state index in [-0.39, 0.29) is 23.5 Å². The van der Waals surface area contributed by atoms with Crippen LogP contribution in [0.5, 0.6) is 5.75 Å². The van der Waals surface area contributed by atoms with Gasteiger partial charge in [-0.05, 0) is 49.9 Å². The molecule has 0 bridgehead atoms. The molecule has 186 valence electrons. The third-order valence-corrected chi connectivity index (χ3v) is 5.90. The van der Waals surface area contributed by atoms with Gasteiger partial charge in [-0.3, -0.25) is 4.98 Å². The number of fused-ring (bicyclic) bond motifs is 1. The highest BCUT2D eigenvalue weighted by molar-refractivity contribution is 5.78. The van der Waals surface area contributed by atoms with Crippen molar-refractivity contribution in [3.05, 3.63) is 52.6 Å². The van der Waals surface area contributed by atoms with E-state index in [2.05, 4.69) is 30.7 Å². The third kappa shape index (κ3) is 5.81. The molecule has 0 aliphatic carbocycles. The van der Waals surface area contributed by atoms with Crippen LogP contribution in [0.25, 0.3) is 22.4 Å². The van der Waals surface area contributed by atoms with Gasteiger partial charge in [-0.2, -0.15) is 0 Å². The highest BCUT2D eigenvalue weighted by atomic mass is 16.6. The Labute approximate surface area is 205 Å². The highest BCUT2D eigenvalue weighted by Gasteiger charge is 2.29. The molecule has 1 fully saturated rings. The van der Waals surface area contributed by atoms with Crippen LogP contribution in [0.1, 0.15) is 59.9 Å². The summed E-state index contributed by atoms with van der Waals surface area (Å²) in [7, 11) is 0. The lowest BCUT2D eigenvalue weighted by Gasteiger charge is -2.34. The van der Waals surface area contributed by atoms with Gasteiger partial charge in [0, 0.05) is 32.1 Å². The van der Waals surface area contributed by atoms with Crippen LogP contribution in [0.3, 0.4) is 0 Å². The van der Waals surface area contributed by atoms with E-state index >= 15 is 0 Å². The van der Waals surface area contributed by atoms with Gasteiger partial charge in [-0.15, -0.1) is 0 Å². The lowest BCUT2D eigenvalue weighted by atomic mass is 9.86. The Balaban J connectivity index is 1.61. The van der Waals surface area contributed by atoms with Crippen LogP contribution >= 0.6 is 0 Å². The van der Waals surface area contributed by atoms with Crippen LogP contribution in [-0.4, -0.2) is 45.8 Å². The summed E-state index contributed by atoms with van der Waals surface area (Å²) in [5, 5.41) is 0.382. The second kappa shape index (κ2) is 9.32. The molecule has 0 atom stereocenters. The standard InChI is InChI=1S/C27H33N3O5/c1-26(2,3)17-7-8-20(23-29-21-16-28-12-9-19(21)24(31)34-23)22(15-17)33-18-10-13-30(14-11-18)25(32)35-27(4,5)6/h7-9,12,15-16,18H,10-11,13-14H2,1-6H3. The minimum absolute atomic E-state index is 0.0989. The predicted molar refractivity (Wildman–Crippen MR) is 134 cm³/mol. The summed E-state index contributed by atoms with van der Waals surface area (Å²) in [6, 6.07) is 7.48. The Morgan fingerprint density at radius 3 is 2.46 bits per heavy atom. The summed E-state index contributed by atoms with van der Waals surface area (Å²) in [5.74, 6) is 0.796. The van der Waals surface area contributed by atoms with Crippen molar-refractivity contribution in [3.63, 3.8) is 0 Å². The molecule has 4 rings (SSSR count). The SMILES string of the molecule is CC(C)(C)OC(=O)N1CCC(Oc2cc(C(C)(C)C)ccc2-c2nc3cnccc3c(=O)o2)CC1. The van der Waals surface area contributed by atoms with Gasteiger partial charge >= 0.3 is 11.7 Å². The fourth-order valence-corrected chi connectivity index (χ4v) is 3.96. The lowest BCUT2D eigenvalue weighted by Crippen LogP contribution is -2.44. The van der Waals surface area contributed by atoms with E-state index in [1.165, 1.54) is 6.20 Å². The Bertz CT molecular complexity index is 1280. The summed E-state index contributed by atoms with van der Waals surface area (Å²) in [4.78, 5) is 35.3. The Kier molecular flexibility index (Phi) is 6.58. The van der Waals surface area contributed by atoms with E-state index in [0.29, 0.717) is 48.1 Å². The first-order valence-electron chi connectivity index (χ1n) is 11.9. The molecule has 1 amide bonds. The first-order valence-corrected chi connectivity index (χ1v) is 11.9. The van der Waals surface area contributed by atoms with Crippen molar-refractivity contribution < 1.29 is 18.7 Å². The molecular formula is C27H33N3O5. The van der Waals surface area contributed by atoms with Crippen molar-refractivity contribution in [3.8, 4) is 17.2 Å². The molecule has 1 aliphatic heterocycles. The van der Waals surface area contributed by atoms with Crippen LogP contribution < -0.4 is 10.4 Å². The van der Waals surface area contributed by atoms with Gasteiger partial charge in [-0.25, -0.2) is 14.6 Å². The zero-order valence-corrected chi connectivity index (χ0v) is 21.3. The highest BCUT2D eigenvalue weighted by Crippen LogP contribution is 2.35. The van der Waals surface area contributed by atoms with Gasteiger partial charge in [0.2, 0.25) is 5.89 Å². The number of amides is 1. The average molecular weight is 480 g/mol. The van der Waals surface area contributed by atoms with E-state index < -0.39 is 11.2 Å². The number of likely N-dealkylation sites (tertiary alicyclic amines) is 1. The number of pyridine rings is 1. The molecule has 1 saturated heterocycles. The quantitative estimate of drug-likeness (QED) is 0.501. The molecular weight excluding hydrogens is 446 g/mol. The molecule has 3 aromatic rings. The van der Waals surface area contributed by atoms with Crippen LogP contribution in [-0.2, 0) is 10.2 Å². The van der Waals surface area contributed by atoms with Gasteiger partial charge in [0.05, 0.1) is 22.7 Å². The number of carbonyl (C=O) groups is 1. The number of ether oxygens (including phenoxy) is 2. The number of carbonyl (C=O) groups excluding carboxylic acids is 1. The molecule has 0 N–H and O–H groups in total. The summed E-state index contributed by atoms with van der Waals surface area (Å²) >= 11 is 0. The summed E-state index contributed by atoms with van der Waals surface area (Å²) in [6.07, 6.45) is 4.01. The average Bonchev–Trinajstić information content (AvgIpc) is 2.78. The molecule has 0 saturated carbocycles. The number of rotatable bonds is 3. The number of piperidine rings is 1. The molecule has 3 heterocycles. The van der Waals surface area contributed by atoms with Crippen molar-refractivity contribution in [2.45, 2.75) is 71.5 Å². The maximum atomic E-state index is 12.6. The van der Waals surface area contributed by atoms with E-state index in [1.54, 1.807) is 17.2 Å². The zero-order valence-electron chi connectivity index (χ0n) is 21.3. The maximum Gasteiger partial charge on any atom is 0.410 e. The number of hydrogen-bond donors (Lipinski definition) is 0. The summed E-state index contributed by atoms with van der Waals surface area (Å²) in [5.41, 5.74) is 1.07. The second-order valence-corrected chi connectivity index (χ2v) is 10.9. The van der Waals surface area contributed by atoms with E-state index in [0.717, 1.165) is 5.56 Å². The lowest BCUT2D eigenvalue weighted by molar-refractivity contribution is 0.0127. The van der Waals surface area contributed by atoms with E-state index in [9.17, 15) is 9.59 Å². The largest absolute Gasteiger partial charge is 0.489 e. The van der Waals surface area contributed by atoms with Crippen LogP contribution in [0.4, 0.5) is 4.79 Å². The van der Waals surface area contributed by atoms with Gasteiger partial charge in [0.25, 0.3) is 0 Å². The van der Waals surface area contributed by atoms with Gasteiger partial charge in [0.15, 0.2) is 0 Å². The molecule has 0 unspecified atom stereocenters. The molecule has 0 radical (unpaired) electrons. The van der Waals surface area contributed by atoms with Crippen LogP contribution in [0, 0.1) is 0 Å². The zero-order chi connectivity index (χ0) is 25.4.